The maximum atomic E-state index is 12.1. The minimum atomic E-state index is -4.79. The van der Waals surface area contributed by atoms with E-state index in [0.29, 0.717) is 10.9 Å². The number of ether oxygens (including phenoxy) is 1. The molecular weight excluding hydrogens is 312 g/mol. The molecule has 1 aromatic carbocycles. The summed E-state index contributed by atoms with van der Waals surface area (Å²) in [6.45, 7) is 0. The lowest BCUT2D eigenvalue weighted by atomic mass is 10.2. The molecule has 0 fully saturated rings. The largest absolute Gasteiger partial charge is 0.573 e. The molecule has 3 nitrogen and oxygen atoms in total. The first-order valence-electron chi connectivity index (χ1n) is 3.95. The second-order valence-corrected chi connectivity index (χ2v) is 4.08. The zero-order chi connectivity index (χ0) is 11.9. The van der Waals surface area contributed by atoms with Crippen LogP contribution in [0, 0.1) is 0 Å². The van der Waals surface area contributed by atoms with E-state index in [9.17, 15) is 13.2 Å². The lowest BCUT2D eigenvalue weighted by Gasteiger charge is -2.12. The van der Waals surface area contributed by atoms with Crippen LogP contribution in [0.2, 0.25) is 5.02 Å². The third-order valence-electron chi connectivity index (χ3n) is 1.81. The second-order valence-electron chi connectivity index (χ2n) is 2.88. The quantitative estimate of drug-likeness (QED) is 0.867. The van der Waals surface area contributed by atoms with Crippen LogP contribution in [-0.4, -0.2) is 16.6 Å². The summed E-state index contributed by atoms with van der Waals surface area (Å²) in [5.41, 5.74) is 0.520. The topological polar surface area (TPSA) is 37.9 Å². The van der Waals surface area contributed by atoms with Gasteiger partial charge in [0.15, 0.2) is 5.75 Å². The minimum absolute atomic E-state index is 0.112. The van der Waals surface area contributed by atoms with E-state index in [-0.39, 0.29) is 9.50 Å². The standard InChI is InChI=1S/C8H3BrClF3N2O/c9-6-3-2-14-15-5(3)1-4(10)7(6)16-8(11,12)13/h1-2H,(H,14,15). The average Bonchev–Trinajstić information content (AvgIpc) is 2.58. The molecule has 0 saturated heterocycles. The molecule has 0 unspecified atom stereocenters. The van der Waals surface area contributed by atoms with Crippen molar-refractivity contribution in [1.82, 2.24) is 10.2 Å². The van der Waals surface area contributed by atoms with Crippen molar-refractivity contribution in [2.75, 3.05) is 0 Å². The van der Waals surface area contributed by atoms with Crippen LogP contribution in [0.1, 0.15) is 0 Å². The monoisotopic (exact) mass is 314 g/mol. The van der Waals surface area contributed by atoms with Gasteiger partial charge in [0.2, 0.25) is 0 Å². The van der Waals surface area contributed by atoms with Crippen LogP contribution in [0.3, 0.4) is 0 Å². The zero-order valence-electron chi connectivity index (χ0n) is 7.40. The van der Waals surface area contributed by atoms with E-state index in [1.807, 2.05) is 0 Å². The van der Waals surface area contributed by atoms with E-state index in [2.05, 4.69) is 30.9 Å². The molecule has 0 aliphatic heterocycles. The minimum Gasteiger partial charge on any atom is -0.403 e. The molecule has 0 atom stereocenters. The molecule has 86 valence electrons. The summed E-state index contributed by atoms with van der Waals surface area (Å²) in [7, 11) is 0. The fourth-order valence-corrected chi connectivity index (χ4v) is 2.18. The predicted octanol–water partition coefficient (Wildman–Crippen LogP) is 3.88. The summed E-state index contributed by atoms with van der Waals surface area (Å²) in [5.74, 6) is -0.469. The predicted molar refractivity (Wildman–Crippen MR) is 55.5 cm³/mol. The molecule has 1 heterocycles. The Balaban J connectivity index is 2.59. The molecule has 16 heavy (non-hydrogen) atoms. The van der Waals surface area contributed by atoms with E-state index >= 15 is 0 Å². The summed E-state index contributed by atoms with van der Waals surface area (Å²) in [4.78, 5) is 0. The van der Waals surface area contributed by atoms with Crippen LogP contribution in [0.5, 0.6) is 5.75 Å². The Morgan fingerprint density at radius 2 is 2.12 bits per heavy atom. The van der Waals surface area contributed by atoms with E-state index < -0.39 is 12.1 Å². The number of benzene rings is 1. The van der Waals surface area contributed by atoms with Gasteiger partial charge in [0, 0.05) is 5.39 Å². The van der Waals surface area contributed by atoms with Crippen molar-refractivity contribution in [2.24, 2.45) is 0 Å². The summed E-state index contributed by atoms with van der Waals surface area (Å²) >= 11 is 8.66. The van der Waals surface area contributed by atoms with Gasteiger partial charge in [0.05, 0.1) is 21.2 Å². The van der Waals surface area contributed by atoms with Crippen molar-refractivity contribution in [3.8, 4) is 5.75 Å². The molecule has 0 aliphatic carbocycles. The van der Waals surface area contributed by atoms with Gasteiger partial charge in [0.25, 0.3) is 0 Å². The first-order chi connectivity index (χ1) is 7.38. The smallest absolute Gasteiger partial charge is 0.403 e. The normalized spacial score (nSPS) is 12.1. The van der Waals surface area contributed by atoms with E-state index in [1.54, 1.807) is 0 Å². The first kappa shape index (κ1) is 11.5. The van der Waals surface area contributed by atoms with Gasteiger partial charge in [0.1, 0.15) is 0 Å². The summed E-state index contributed by atoms with van der Waals surface area (Å²) < 4.78 is 40.2. The lowest BCUT2D eigenvalue weighted by molar-refractivity contribution is -0.274. The molecule has 0 saturated carbocycles. The Morgan fingerprint density at radius 1 is 1.44 bits per heavy atom. The van der Waals surface area contributed by atoms with Gasteiger partial charge in [-0.3, -0.25) is 5.10 Å². The number of H-pyrrole nitrogens is 1. The highest BCUT2D eigenvalue weighted by Crippen LogP contribution is 2.41. The highest BCUT2D eigenvalue weighted by Gasteiger charge is 2.33. The number of aromatic amines is 1. The number of halogens is 5. The van der Waals surface area contributed by atoms with Gasteiger partial charge >= 0.3 is 6.36 Å². The maximum Gasteiger partial charge on any atom is 0.573 e. The SMILES string of the molecule is FC(F)(F)Oc1c(Cl)cc2[nH]ncc2c1Br. The summed E-state index contributed by atoms with van der Waals surface area (Å²) in [5, 5.41) is 6.59. The number of nitrogens with one attached hydrogen (secondary N) is 1. The fraction of sp³-hybridized carbons (Fsp3) is 0.125. The zero-order valence-corrected chi connectivity index (χ0v) is 9.74. The molecule has 2 rings (SSSR count). The van der Waals surface area contributed by atoms with Crippen molar-refractivity contribution < 1.29 is 17.9 Å². The Bertz CT molecular complexity index is 540. The van der Waals surface area contributed by atoms with Crippen LogP contribution in [0.25, 0.3) is 10.9 Å². The molecule has 0 amide bonds. The molecule has 2 aromatic rings. The Labute approximate surface area is 101 Å². The number of hydrogen-bond acceptors (Lipinski definition) is 2. The number of rotatable bonds is 1. The van der Waals surface area contributed by atoms with Crippen molar-refractivity contribution in [2.45, 2.75) is 6.36 Å². The molecule has 8 heteroatoms. The van der Waals surface area contributed by atoms with Crippen LogP contribution < -0.4 is 4.74 Å². The Hall–Kier alpha value is -0.950. The van der Waals surface area contributed by atoms with Crippen LogP contribution in [-0.2, 0) is 0 Å². The first-order valence-corrected chi connectivity index (χ1v) is 5.12. The van der Waals surface area contributed by atoms with Crippen LogP contribution >= 0.6 is 27.5 Å². The van der Waals surface area contributed by atoms with Gasteiger partial charge in [-0.2, -0.15) is 5.10 Å². The molecule has 1 N–H and O–H groups in total. The summed E-state index contributed by atoms with van der Waals surface area (Å²) in [6, 6.07) is 1.32. The van der Waals surface area contributed by atoms with E-state index in [0.717, 1.165) is 0 Å². The van der Waals surface area contributed by atoms with Gasteiger partial charge in [-0.1, -0.05) is 11.6 Å². The maximum absolute atomic E-state index is 12.1. The van der Waals surface area contributed by atoms with Gasteiger partial charge in [-0.15, -0.1) is 13.2 Å². The number of nitrogens with zero attached hydrogens (tertiary/aromatic N) is 1. The average molecular weight is 315 g/mol. The van der Waals surface area contributed by atoms with Crippen molar-refractivity contribution >= 4 is 38.4 Å². The Kier molecular flexibility index (Phi) is 2.75. The molecule has 0 bridgehead atoms. The Morgan fingerprint density at radius 3 is 2.75 bits per heavy atom. The lowest BCUT2D eigenvalue weighted by Crippen LogP contribution is -2.17. The van der Waals surface area contributed by atoms with Gasteiger partial charge in [-0.25, -0.2) is 0 Å². The molecular formula is C8H3BrClF3N2O. The number of hydrogen-bond donors (Lipinski definition) is 1. The third kappa shape index (κ3) is 2.10. The molecule has 0 radical (unpaired) electrons. The number of fused-ring (bicyclic) bond motifs is 1. The van der Waals surface area contributed by atoms with E-state index in [4.69, 9.17) is 11.6 Å². The molecule has 1 aromatic heterocycles. The number of aromatic nitrogens is 2. The fourth-order valence-electron chi connectivity index (χ4n) is 1.21. The van der Waals surface area contributed by atoms with Crippen molar-refractivity contribution in [3.05, 3.63) is 21.8 Å². The van der Waals surface area contributed by atoms with Gasteiger partial charge in [-0.05, 0) is 22.0 Å². The van der Waals surface area contributed by atoms with Crippen molar-refractivity contribution in [1.29, 1.82) is 0 Å². The van der Waals surface area contributed by atoms with Crippen LogP contribution in [0.15, 0.2) is 16.7 Å². The second kappa shape index (κ2) is 3.81. The summed E-state index contributed by atoms with van der Waals surface area (Å²) in [6.07, 6.45) is -3.41. The molecule has 0 spiro atoms. The number of alkyl halides is 3. The van der Waals surface area contributed by atoms with E-state index in [1.165, 1.54) is 12.3 Å². The third-order valence-corrected chi connectivity index (χ3v) is 2.88. The highest BCUT2D eigenvalue weighted by atomic mass is 79.9. The van der Waals surface area contributed by atoms with Crippen LogP contribution in [0.4, 0.5) is 13.2 Å². The van der Waals surface area contributed by atoms with Crippen molar-refractivity contribution in [3.63, 3.8) is 0 Å². The molecule has 0 aliphatic rings. The van der Waals surface area contributed by atoms with Gasteiger partial charge < -0.3 is 4.74 Å². The highest BCUT2D eigenvalue weighted by molar-refractivity contribution is 9.10.